The Balaban J connectivity index is 1.47. The SMILES string of the molecule is CC#C[C@@H]1CC[C@H]2[C@@H]3CCC4=CC(=O)C(c5ccc(N(C)C)cc5)CC4=C3CC[C@]12C. The molecule has 2 heteroatoms. The van der Waals surface area contributed by atoms with E-state index in [-0.39, 0.29) is 5.92 Å². The van der Waals surface area contributed by atoms with Gasteiger partial charge >= 0.3 is 0 Å². The van der Waals surface area contributed by atoms with Crippen LogP contribution >= 0.6 is 0 Å². The lowest BCUT2D eigenvalue weighted by molar-refractivity contribution is -0.116. The molecule has 1 unspecified atom stereocenters. The Hall–Kier alpha value is -2.27. The second-order valence-electron chi connectivity index (χ2n) is 10.6. The van der Waals surface area contributed by atoms with Gasteiger partial charge in [0.15, 0.2) is 5.78 Å². The summed E-state index contributed by atoms with van der Waals surface area (Å²) in [4.78, 5) is 15.2. The number of anilines is 1. The summed E-state index contributed by atoms with van der Waals surface area (Å²) in [6, 6.07) is 8.60. The van der Waals surface area contributed by atoms with Gasteiger partial charge < -0.3 is 4.90 Å². The van der Waals surface area contributed by atoms with Crippen molar-refractivity contribution in [2.24, 2.45) is 23.2 Å². The van der Waals surface area contributed by atoms with E-state index in [4.69, 9.17) is 0 Å². The summed E-state index contributed by atoms with van der Waals surface area (Å²) in [6.45, 7) is 4.51. The van der Waals surface area contributed by atoms with Crippen LogP contribution in [-0.4, -0.2) is 19.9 Å². The molecule has 1 aromatic rings. The molecule has 5 atom stereocenters. The van der Waals surface area contributed by atoms with Gasteiger partial charge in [0.1, 0.15) is 0 Å². The fraction of sp³-hybridized carbons (Fsp3) is 0.552. The number of rotatable bonds is 2. The Morgan fingerprint density at radius 3 is 2.55 bits per heavy atom. The molecule has 4 aliphatic carbocycles. The minimum Gasteiger partial charge on any atom is -0.378 e. The Kier molecular flexibility index (Phi) is 5.12. The van der Waals surface area contributed by atoms with Crippen LogP contribution in [0, 0.1) is 35.0 Å². The zero-order valence-electron chi connectivity index (χ0n) is 19.5. The van der Waals surface area contributed by atoms with E-state index >= 15 is 0 Å². The minimum absolute atomic E-state index is 0.0168. The number of carbonyl (C=O) groups is 1. The van der Waals surface area contributed by atoms with Crippen molar-refractivity contribution in [2.75, 3.05) is 19.0 Å². The molecule has 4 aliphatic rings. The summed E-state index contributed by atoms with van der Waals surface area (Å²) >= 11 is 0. The van der Waals surface area contributed by atoms with Crippen LogP contribution in [0.4, 0.5) is 5.69 Å². The van der Waals surface area contributed by atoms with Crippen molar-refractivity contribution in [3.8, 4) is 11.8 Å². The highest BCUT2D eigenvalue weighted by Gasteiger charge is 2.53. The Morgan fingerprint density at radius 2 is 1.84 bits per heavy atom. The maximum atomic E-state index is 13.1. The molecule has 0 spiro atoms. The summed E-state index contributed by atoms with van der Waals surface area (Å²) in [6.07, 6.45) is 10.3. The number of ketones is 1. The minimum atomic E-state index is -0.0168. The number of allylic oxidation sites excluding steroid dienone is 4. The van der Waals surface area contributed by atoms with E-state index in [0.29, 0.717) is 23.0 Å². The molecule has 5 rings (SSSR count). The van der Waals surface area contributed by atoms with E-state index in [0.717, 1.165) is 18.8 Å². The predicted octanol–water partition coefficient (Wildman–Crippen LogP) is 6.29. The second-order valence-corrected chi connectivity index (χ2v) is 10.6. The lowest BCUT2D eigenvalue weighted by Gasteiger charge is -2.48. The summed E-state index contributed by atoms with van der Waals surface area (Å²) in [5.74, 6) is 9.10. The quantitative estimate of drug-likeness (QED) is 0.531. The van der Waals surface area contributed by atoms with Crippen LogP contribution in [0.2, 0.25) is 0 Å². The van der Waals surface area contributed by atoms with E-state index in [2.05, 4.69) is 62.0 Å². The fourth-order valence-corrected chi connectivity index (χ4v) is 7.23. The molecule has 162 valence electrons. The van der Waals surface area contributed by atoms with Gasteiger partial charge in [-0.3, -0.25) is 4.79 Å². The number of carbonyl (C=O) groups excluding carboxylic acids is 1. The molecule has 2 fully saturated rings. The first-order chi connectivity index (χ1) is 14.9. The summed E-state index contributed by atoms with van der Waals surface area (Å²) in [5, 5.41) is 0. The van der Waals surface area contributed by atoms with Gasteiger partial charge in [-0.05, 0) is 104 Å². The van der Waals surface area contributed by atoms with E-state index in [9.17, 15) is 4.79 Å². The highest BCUT2D eigenvalue weighted by molar-refractivity contribution is 5.98. The third-order valence-corrected chi connectivity index (χ3v) is 8.97. The molecule has 0 amide bonds. The molecule has 0 radical (unpaired) electrons. The second kappa shape index (κ2) is 7.70. The summed E-state index contributed by atoms with van der Waals surface area (Å²) in [7, 11) is 4.11. The maximum absolute atomic E-state index is 13.1. The van der Waals surface area contributed by atoms with E-state index in [1.807, 2.05) is 13.0 Å². The third-order valence-electron chi connectivity index (χ3n) is 8.97. The number of hydrogen-bond acceptors (Lipinski definition) is 2. The molecule has 1 aromatic carbocycles. The molecule has 0 saturated heterocycles. The van der Waals surface area contributed by atoms with Crippen molar-refractivity contribution >= 4 is 11.5 Å². The highest BCUT2D eigenvalue weighted by Crippen LogP contribution is 2.62. The normalized spacial score (nSPS) is 34.2. The van der Waals surface area contributed by atoms with Gasteiger partial charge in [-0.2, -0.15) is 0 Å². The molecule has 0 aliphatic heterocycles. The van der Waals surface area contributed by atoms with Crippen LogP contribution in [0.25, 0.3) is 0 Å². The topological polar surface area (TPSA) is 20.3 Å². The van der Waals surface area contributed by atoms with Crippen LogP contribution in [0.3, 0.4) is 0 Å². The number of fused-ring (bicyclic) bond motifs is 4. The van der Waals surface area contributed by atoms with Crippen molar-refractivity contribution < 1.29 is 4.79 Å². The third kappa shape index (κ3) is 3.29. The van der Waals surface area contributed by atoms with Gasteiger partial charge in [-0.25, -0.2) is 0 Å². The summed E-state index contributed by atoms with van der Waals surface area (Å²) in [5.41, 5.74) is 7.33. The Bertz CT molecular complexity index is 1020. The van der Waals surface area contributed by atoms with Crippen LogP contribution in [-0.2, 0) is 4.79 Å². The molecule has 2 nitrogen and oxygen atoms in total. The van der Waals surface area contributed by atoms with Gasteiger partial charge in [0, 0.05) is 25.7 Å². The zero-order valence-corrected chi connectivity index (χ0v) is 19.5. The zero-order chi connectivity index (χ0) is 21.8. The molecule has 31 heavy (non-hydrogen) atoms. The van der Waals surface area contributed by atoms with Crippen molar-refractivity contribution in [3.63, 3.8) is 0 Å². The number of nitrogens with zero attached hydrogens (tertiary/aromatic N) is 1. The molecular weight excluding hydrogens is 378 g/mol. The smallest absolute Gasteiger partial charge is 0.163 e. The average molecular weight is 414 g/mol. The van der Waals surface area contributed by atoms with Gasteiger partial charge in [0.05, 0.1) is 5.92 Å². The van der Waals surface area contributed by atoms with Gasteiger partial charge in [-0.15, -0.1) is 5.92 Å². The number of benzene rings is 1. The van der Waals surface area contributed by atoms with E-state index in [1.165, 1.54) is 48.9 Å². The van der Waals surface area contributed by atoms with Gasteiger partial charge in [-0.1, -0.05) is 30.6 Å². The van der Waals surface area contributed by atoms with Crippen molar-refractivity contribution in [1.29, 1.82) is 0 Å². The highest BCUT2D eigenvalue weighted by atomic mass is 16.1. The van der Waals surface area contributed by atoms with Crippen molar-refractivity contribution in [2.45, 2.75) is 64.7 Å². The molecule has 0 N–H and O–H groups in total. The van der Waals surface area contributed by atoms with Crippen molar-refractivity contribution in [1.82, 2.24) is 0 Å². The van der Waals surface area contributed by atoms with Crippen molar-refractivity contribution in [3.05, 3.63) is 52.6 Å². The molecule has 0 heterocycles. The predicted molar refractivity (Wildman–Crippen MR) is 128 cm³/mol. The van der Waals surface area contributed by atoms with Crippen LogP contribution in [0.5, 0.6) is 0 Å². The van der Waals surface area contributed by atoms with Crippen LogP contribution in [0.1, 0.15) is 70.3 Å². The van der Waals surface area contributed by atoms with E-state index in [1.54, 1.807) is 11.1 Å². The molecule has 0 bridgehead atoms. The molecule has 2 saturated carbocycles. The maximum Gasteiger partial charge on any atom is 0.163 e. The largest absolute Gasteiger partial charge is 0.378 e. The first kappa shape index (κ1) is 20.6. The lowest BCUT2D eigenvalue weighted by atomic mass is 9.55. The van der Waals surface area contributed by atoms with E-state index < -0.39 is 0 Å². The monoisotopic (exact) mass is 413 g/mol. The summed E-state index contributed by atoms with van der Waals surface area (Å²) < 4.78 is 0. The number of hydrogen-bond donors (Lipinski definition) is 0. The van der Waals surface area contributed by atoms with Gasteiger partial charge in [0.2, 0.25) is 0 Å². The van der Waals surface area contributed by atoms with Gasteiger partial charge in [0.25, 0.3) is 0 Å². The molecular formula is C29H35NO. The molecule has 0 aromatic heterocycles. The van der Waals surface area contributed by atoms with Crippen LogP contribution < -0.4 is 4.90 Å². The first-order valence-corrected chi connectivity index (χ1v) is 12.1. The van der Waals surface area contributed by atoms with Crippen LogP contribution in [0.15, 0.2) is 47.1 Å². The first-order valence-electron chi connectivity index (χ1n) is 12.1. The fourth-order valence-electron chi connectivity index (χ4n) is 7.23. The average Bonchev–Trinajstić information content (AvgIpc) is 3.10. The Labute approximate surface area is 187 Å². The Morgan fingerprint density at radius 1 is 1.06 bits per heavy atom. The standard InChI is InChI=1S/C29H35NO/c1-5-6-21-10-14-27-24-13-9-20-17-28(31)26(19-7-11-22(12-8-19)30(3)4)18-25(20)23(24)15-16-29(21,27)2/h7-8,11-12,17,21,24,26-27H,9-10,13-16,18H2,1-4H3/t21-,24-,26?,27+,29-/m1/s1. The lowest BCUT2D eigenvalue weighted by Crippen LogP contribution is -2.40.